The number of rotatable bonds is 6. The Morgan fingerprint density at radius 2 is 2.00 bits per heavy atom. The van der Waals surface area contributed by atoms with Crippen molar-refractivity contribution in [2.45, 2.75) is 39.0 Å². The molecule has 0 unspecified atom stereocenters. The van der Waals surface area contributed by atoms with Crippen LogP contribution in [-0.2, 0) is 16.0 Å². The normalized spacial score (nSPS) is 23.6. The molecule has 0 radical (unpaired) electrons. The molecular weight excluding hydrogens is 345 g/mol. The Morgan fingerprint density at radius 3 is 2.74 bits per heavy atom. The zero-order valence-electron chi connectivity index (χ0n) is 16.2. The van der Waals surface area contributed by atoms with Gasteiger partial charge in [-0.15, -0.1) is 0 Å². The lowest BCUT2D eigenvalue weighted by atomic mass is 9.73. The molecule has 1 aromatic carbocycles. The summed E-state index contributed by atoms with van der Waals surface area (Å²) in [5, 5.41) is 2.97. The summed E-state index contributed by atoms with van der Waals surface area (Å²) in [6.07, 6.45) is 4.48. The van der Waals surface area contributed by atoms with Gasteiger partial charge in [0.25, 0.3) is 0 Å². The van der Waals surface area contributed by atoms with Crippen LogP contribution in [0.4, 0.5) is 4.39 Å². The number of benzene rings is 1. The first-order valence-electron chi connectivity index (χ1n) is 10.0. The lowest BCUT2D eigenvalue weighted by molar-refractivity contribution is -0.139. The molecule has 2 heterocycles. The van der Waals surface area contributed by atoms with Gasteiger partial charge in [0.05, 0.1) is 6.54 Å². The minimum Gasteiger partial charge on any atom is -0.355 e. The van der Waals surface area contributed by atoms with Crippen LogP contribution in [-0.4, -0.2) is 60.9 Å². The Kier molecular flexibility index (Phi) is 6.47. The second-order valence-electron chi connectivity index (χ2n) is 7.95. The predicted octanol–water partition coefficient (Wildman–Crippen LogP) is 2.21. The van der Waals surface area contributed by atoms with Crippen molar-refractivity contribution < 1.29 is 14.0 Å². The molecule has 2 amide bonds. The van der Waals surface area contributed by atoms with E-state index in [2.05, 4.69) is 10.2 Å². The number of halogens is 1. The van der Waals surface area contributed by atoms with Crippen LogP contribution in [0.2, 0.25) is 0 Å². The number of carbonyl (C=O) groups is 2. The fourth-order valence-corrected chi connectivity index (χ4v) is 4.42. The molecule has 6 heteroatoms. The van der Waals surface area contributed by atoms with E-state index in [9.17, 15) is 14.0 Å². The molecule has 3 rings (SSSR count). The molecule has 1 spiro atoms. The molecule has 2 aliphatic rings. The molecule has 0 saturated carbocycles. The number of carbonyl (C=O) groups excluding carboxylic acids is 2. The van der Waals surface area contributed by atoms with E-state index in [0.717, 1.165) is 51.0 Å². The molecule has 0 aliphatic carbocycles. The Bertz CT molecular complexity index is 664. The van der Waals surface area contributed by atoms with Crippen molar-refractivity contribution in [3.05, 3.63) is 35.6 Å². The van der Waals surface area contributed by atoms with Gasteiger partial charge in [-0.25, -0.2) is 4.39 Å². The minimum absolute atomic E-state index is 0.0356. The molecule has 148 valence electrons. The monoisotopic (exact) mass is 375 g/mol. The molecule has 2 saturated heterocycles. The highest BCUT2D eigenvalue weighted by Gasteiger charge is 2.41. The third-order valence-electron chi connectivity index (χ3n) is 5.89. The molecule has 1 aromatic rings. The highest BCUT2D eigenvalue weighted by atomic mass is 19.1. The zero-order valence-corrected chi connectivity index (χ0v) is 16.2. The summed E-state index contributed by atoms with van der Waals surface area (Å²) in [4.78, 5) is 28.5. The summed E-state index contributed by atoms with van der Waals surface area (Å²) in [6.45, 7) is 6.42. The molecular formula is C21H30FN3O2. The molecule has 27 heavy (non-hydrogen) atoms. The fraction of sp³-hybridized carbons (Fsp3) is 0.619. The average Bonchev–Trinajstić information content (AvgIpc) is 2.66. The predicted molar refractivity (Wildman–Crippen MR) is 103 cm³/mol. The van der Waals surface area contributed by atoms with E-state index in [0.29, 0.717) is 25.9 Å². The second kappa shape index (κ2) is 8.83. The number of piperidine rings is 2. The van der Waals surface area contributed by atoms with Gasteiger partial charge in [-0.05, 0) is 56.8 Å². The Morgan fingerprint density at radius 1 is 1.22 bits per heavy atom. The van der Waals surface area contributed by atoms with E-state index < -0.39 is 0 Å². The van der Waals surface area contributed by atoms with Crippen LogP contribution in [0.5, 0.6) is 0 Å². The van der Waals surface area contributed by atoms with Crippen molar-refractivity contribution in [3.8, 4) is 0 Å². The summed E-state index contributed by atoms with van der Waals surface area (Å²) < 4.78 is 12.9. The zero-order chi connectivity index (χ0) is 19.3. The van der Waals surface area contributed by atoms with Crippen molar-refractivity contribution in [1.29, 1.82) is 0 Å². The average molecular weight is 375 g/mol. The van der Waals surface area contributed by atoms with Crippen LogP contribution in [0.25, 0.3) is 0 Å². The number of amides is 2. The summed E-state index contributed by atoms with van der Waals surface area (Å²) in [7, 11) is 0. The second-order valence-corrected chi connectivity index (χ2v) is 7.95. The molecule has 1 N–H and O–H groups in total. The van der Waals surface area contributed by atoms with Gasteiger partial charge in [-0.1, -0.05) is 12.1 Å². The fourth-order valence-electron chi connectivity index (χ4n) is 4.42. The minimum atomic E-state index is -0.243. The molecule has 2 fully saturated rings. The van der Waals surface area contributed by atoms with E-state index in [1.54, 1.807) is 12.1 Å². The first kappa shape index (κ1) is 19.8. The number of nitrogens with one attached hydrogen (secondary N) is 1. The molecule has 2 aliphatic heterocycles. The third kappa shape index (κ3) is 5.28. The van der Waals surface area contributed by atoms with Gasteiger partial charge in [-0.2, -0.15) is 0 Å². The van der Waals surface area contributed by atoms with Gasteiger partial charge in [0.2, 0.25) is 11.8 Å². The number of nitrogens with zero attached hydrogens (tertiary/aromatic N) is 2. The molecule has 0 bridgehead atoms. The maximum atomic E-state index is 12.9. The largest absolute Gasteiger partial charge is 0.355 e. The van der Waals surface area contributed by atoms with E-state index in [1.165, 1.54) is 12.1 Å². The van der Waals surface area contributed by atoms with Crippen LogP contribution in [0, 0.1) is 11.2 Å². The summed E-state index contributed by atoms with van der Waals surface area (Å²) in [6, 6.07) is 6.39. The lowest BCUT2D eigenvalue weighted by Gasteiger charge is -2.48. The molecule has 0 aromatic heterocycles. The third-order valence-corrected chi connectivity index (χ3v) is 5.89. The van der Waals surface area contributed by atoms with E-state index in [1.807, 2.05) is 11.8 Å². The summed E-state index contributed by atoms with van der Waals surface area (Å²) >= 11 is 0. The van der Waals surface area contributed by atoms with Crippen LogP contribution >= 0.6 is 0 Å². The number of hydrogen-bond donors (Lipinski definition) is 1. The SMILES string of the molecule is CCN1C[C@]2(CCCN(CC(=O)NCCc3ccc(F)cc3)C2)CCC1=O. The van der Waals surface area contributed by atoms with E-state index in [-0.39, 0.29) is 23.0 Å². The van der Waals surface area contributed by atoms with Gasteiger partial charge in [0.1, 0.15) is 5.82 Å². The maximum absolute atomic E-state index is 12.9. The Balaban J connectivity index is 1.45. The van der Waals surface area contributed by atoms with Gasteiger partial charge >= 0.3 is 0 Å². The first-order chi connectivity index (χ1) is 13.0. The molecule has 1 atom stereocenters. The van der Waals surface area contributed by atoms with Crippen LogP contribution in [0.3, 0.4) is 0 Å². The maximum Gasteiger partial charge on any atom is 0.234 e. The smallest absolute Gasteiger partial charge is 0.234 e. The number of hydrogen-bond acceptors (Lipinski definition) is 3. The van der Waals surface area contributed by atoms with Gasteiger partial charge in [-0.3, -0.25) is 14.5 Å². The van der Waals surface area contributed by atoms with E-state index >= 15 is 0 Å². The summed E-state index contributed by atoms with van der Waals surface area (Å²) in [5.41, 5.74) is 1.16. The molecule has 5 nitrogen and oxygen atoms in total. The van der Waals surface area contributed by atoms with Crippen LogP contribution in [0.15, 0.2) is 24.3 Å². The highest BCUT2D eigenvalue weighted by Crippen LogP contribution is 2.38. The Hall–Kier alpha value is -1.95. The lowest BCUT2D eigenvalue weighted by Crippen LogP contribution is -2.55. The van der Waals surface area contributed by atoms with Crippen molar-refractivity contribution in [1.82, 2.24) is 15.1 Å². The van der Waals surface area contributed by atoms with Gasteiger partial charge < -0.3 is 10.2 Å². The highest BCUT2D eigenvalue weighted by molar-refractivity contribution is 5.78. The van der Waals surface area contributed by atoms with Crippen LogP contribution in [0.1, 0.15) is 38.2 Å². The van der Waals surface area contributed by atoms with Crippen molar-refractivity contribution in [2.24, 2.45) is 5.41 Å². The van der Waals surface area contributed by atoms with Crippen molar-refractivity contribution in [3.63, 3.8) is 0 Å². The summed E-state index contributed by atoms with van der Waals surface area (Å²) in [5.74, 6) is 0.0556. The van der Waals surface area contributed by atoms with Gasteiger partial charge in [0, 0.05) is 38.0 Å². The topological polar surface area (TPSA) is 52.6 Å². The first-order valence-corrected chi connectivity index (χ1v) is 10.0. The van der Waals surface area contributed by atoms with E-state index in [4.69, 9.17) is 0 Å². The van der Waals surface area contributed by atoms with Gasteiger partial charge in [0.15, 0.2) is 0 Å². The number of likely N-dealkylation sites (tertiary alicyclic amines) is 2. The Labute approximate surface area is 160 Å². The quantitative estimate of drug-likeness (QED) is 0.829. The van der Waals surface area contributed by atoms with Crippen LogP contribution < -0.4 is 5.32 Å². The van der Waals surface area contributed by atoms with Crippen molar-refractivity contribution >= 4 is 11.8 Å². The standard InChI is InChI=1S/C21H30FN3O2/c1-2-25-16-21(11-8-20(25)27)10-3-13-24(15-21)14-19(26)23-12-9-17-4-6-18(22)7-5-17/h4-7H,2-3,8-16H2,1H3,(H,23,26)/t21-/m1/s1. The van der Waals surface area contributed by atoms with Crippen molar-refractivity contribution in [2.75, 3.05) is 39.3 Å².